The molecule has 1 saturated carbocycles. The van der Waals surface area contributed by atoms with Crippen molar-refractivity contribution in [3.63, 3.8) is 0 Å². The monoisotopic (exact) mass is 299 g/mol. The first-order valence-electron chi connectivity index (χ1n) is 8.15. The van der Waals surface area contributed by atoms with Gasteiger partial charge in [0.1, 0.15) is 0 Å². The van der Waals surface area contributed by atoms with Gasteiger partial charge in [0, 0.05) is 0 Å². The summed E-state index contributed by atoms with van der Waals surface area (Å²) in [4.78, 5) is 0. The van der Waals surface area contributed by atoms with Crippen LogP contribution in [0.4, 0.5) is 0 Å². The van der Waals surface area contributed by atoms with E-state index in [4.69, 9.17) is 0 Å². The summed E-state index contributed by atoms with van der Waals surface area (Å²) in [6.45, 7) is 5.52. The Labute approximate surface area is 132 Å². The van der Waals surface area contributed by atoms with E-state index >= 15 is 0 Å². The predicted molar refractivity (Wildman–Crippen MR) is 92.2 cm³/mol. The molecule has 0 saturated heterocycles. The Balaban J connectivity index is 1.90. The molecule has 0 amide bonds. The van der Waals surface area contributed by atoms with Gasteiger partial charge in [-0.1, -0.05) is 37.6 Å². The predicted octanol–water partition coefficient (Wildman–Crippen LogP) is 5.41. The maximum atomic E-state index is 3.74. The second kappa shape index (κ2) is 6.76. The number of benzene rings is 1. The third-order valence-electron chi connectivity index (χ3n) is 4.63. The molecular weight excluding hydrogens is 274 g/mol. The highest BCUT2D eigenvalue weighted by molar-refractivity contribution is 7.08. The first-order valence-corrected chi connectivity index (χ1v) is 9.09. The van der Waals surface area contributed by atoms with E-state index in [1.165, 1.54) is 47.9 Å². The summed E-state index contributed by atoms with van der Waals surface area (Å²) >= 11 is 1.81. The van der Waals surface area contributed by atoms with Crippen LogP contribution in [0.25, 0.3) is 0 Å². The Hall–Kier alpha value is -1.12. The molecule has 1 N–H and O–H groups in total. The molecule has 1 aromatic carbocycles. The Kier molecular flexibility index (Phi) is 4.77. The molecule has 3 rings (SSSR count). The maximum Gasteiger partial charge on any atom is 0.0587 e. The van der Waals surface area contributed by atoms with Gasteiger partial charge in [-0.3, -0.25) is 0 Å². The summed E-state index contributed by atoms with van der Waals surface area (Å²) in [7, 11) is 0. The fourth-order valence-corrected chi connectivity index (χ4v) is 3.97. The van der Waals surface area contributed by atoms with Gasteiger partial charge in [0.15, 0.2) is 0 Å². The maximum absolute atomic E-state index is 3.74. The molecule has 0 aliphatic heterocycles. The minimum atomic E-state index is 0.344. The summed E-state index contributed by atoms with van der Waals surface area (Å²) in [5.74, 6) is 0.806. The SMILES string of the molecule is CCCNC(c1cccc(C2CCC2)c1)c1cscc1C. The van der Waals surface area contributed by atoms with Gasteiger partial charge < -0.3 is 5.32 Å². The summed E-state index contributed by atoms with van der Waals surface area (Å²) in [5, 5.41) is 8.30. The van der Waals surface area contributed by atoms with Crippen LogP contribution in [0.15, 0.2) is 35.0 Å². The molecule has 0 spiro atoms. The number of aryl methyl sites for hydroxylation is 1. The van der Waals surface area contributed by atoms with Crippen LogP contribution in [0.2, 0.25) is 0 Å². The first kappa shape index (κ1) is 14.8. The van der Waals surface area contributed by atoms with Crippen LogP contribution in [0, 0.1) is 6.92 Å². The fraction of sp³-hybridized carbons (Fsp3) is 0.474. The summed E-state index contributed by atoms with van der Waals surface area (Å²) in [6.07, 6.45) is 5.31. The second-order valence-corrected chi connectivity index (χ2v) is 6.94. The van der Waals surface area contributed by atoms with Crippen LogP contribution >= 0.6 is 11.3 Å². The molecule has 0 bridgehead atoms. The Morgan fingerprint density at radius 1 is 1.29 bits per heavy atom. The Bertz CT molecular complexity index is 583. The number of hydrogen-bond donors (Lipinski definition) is 1. The van der Waals surface area contributed by atoms with Crippen molar-refractivity contribution in [1.82, 2.24) is 5.32 Å². The van der Waals surface area contributed by atoms with E-state index in [9.17, 15) is 0 Å². The zero-order valence-electron chi connectivity index (χ0n) is 13.1. The fourth-order valence-electron chi connectivity index (χ4n) is 3.10. The van der Waals surface area contributed by atoms with E-state index in [0.717, 1.165) is 12.5 Å². The molecule has 1 unspecified atom stereocenters. The van der Waals surface area contributed by atoms with Crippen molar-refractivity contribution in [2.24, 2.45) is 0 Å². The first-order chi connectivity index (χ1) is 10.3. The third-order valence-corrected chi connectivity index (χ3v) is 5.50. The van der Waals surface area contributed by atoms with Crippen LogP contribution in [-0.4, -0.2) is 6.54 Å². The van der Waals surface area contributed by atoms with E-state index in [1.54, 1.807) is 0 Å². The van der Waals surface area contributed by atoms with Gasteiger partial charge in [0.05, 0.1) is 6.04 Å². The molecule has 1 aliphatic carbocycles. The lowest BCUT2D eigenvalue weighted by molar-refractivity contribution is 0.419. The van der Waals surface area contributed by atoms with E-state index < -0.39 is 0 Å². The molecule has 1 aromatic heterocycles. The molecule has 21 heavy (non-hydrogen) atoms. The lowest BCUT2D eigenvalue weighted by atomic mass is 9.79. The normalized spacial score (nSPS) is 16.7. The molecule has 1 atom stereocenters. The van der Waals surface area contributed by atoms with Crippen molar-refractivity contribution >= 4 is 11.3 Å². The highest BCUT2D eigenvalue weighted by Crippen LogP contribution is 2.38. The lowest BCUT2D eigenvalue weighted by Crippen LogP contribution is -2.23. The summed E-state index contributed by atoms with van der Waals surface area (Å²) in [6, 6.07) is 9.62. The number of nitrogens with one attached hydrogen (secondary N) is 1. The van der Waals surface area contributed by atoms with E-state index in [2.05, 4.69) is 54.2 Å². The van der Waals surface area contributed by atoms with Gasteiger partial charge >= 0.3 is 0 Å². The van der Waals surface area contributed by atoms with Crippen LogP contribution in [-0.2, 0) is 0 Å². The van der Waals surface area contributed by atoms with Gasteiger partial charge in [-0.05, 0) is 71.7 Å². The minimum Gasteiger partial charge on any atom is -0.306 e. The van der Waals surface area contributed by atoms with E-state index in [0.29, 0.717) is 6.04 Å². The molecule has 1 heterocycles. The van der Waals surface area contributed by atoms with Crippen molar-refractivity contribution in [2.45, 2.75) is 51.5 Å². The van der Waals surface area contributed by atoms with Crippen LogP contribution in [0.5, 0.6) is 0 Å². The van der Waals surface area contributed by atoms with E-state index in [1.807, 2.05) is 11.3 Å². The second-order valence-electron chi connectivity index (χ2n) is 6.20. The molecule has 1 aliphatic rings. The quantitative estimate of drug-likeness (QED) is 0.751. The molecule has 2 heteroatoms. The van der Waals surface area contributed by atoms with Gasteiger partial charge in [-0.2, -0.15) is 11.3 Å². The van der Waals surface area contributed by atoms with Crippen molar-refractivity contribution in [2.75, 3.05) is 6.54 Å². The highest BCUT2D eigenvalue weighted by Gasteiger charge is 2.22. The molecule has 1 fully saturated rings. The topological polar surface area (TPSA) is 12.0 Å². The minimum absolute atomic E-state index is 0.344. The van der Waals surface area contributed by atoms with Crippen molar-refractivity contribution in [1.29, 1.82) is 0 Å². The Morgan fingerprint density at radius 2 is 2.14 bits per heavy atom. The largest absolute Gasteiger partial charge is 0.306 e. The summed E-state index contributed by atoms with van der Waals surface area (Å²) < 4.78 is 0. The lowest BCUT2D eigenvalue weighted by Gasteiger charge is -2.27. The van der Waals surface area contributed by atoms with Gasteiger partial charge in [-0.15, -0.1) is 0 Å². The standard InChI is InChI=1S/C19H25NS/c1-3-10-20-19(18-13-21-12-14(18)2)17-9-5-8-16(11-17)15-6-4-7-15/h5,8-9,11-13,15,19-20H,3-4,6-7,10H2,1-2H3. The van der Waals surface area contributed by atoms with Crippen molar-refractivity contribution in [3.05, 3.63) is 57.3 Å². The zero-order chi connectivity index (χ0) is 14.7. The average molecular weight is 299 g/mol. The Morgan fingerprint density at radius 3 is 2.76 bits per heavy atom. The number of rotatable bonds is 6. The highest BCUT2D eigenvalue weighted by atomic mass is 32.1. The van der Waals surface area contributed by atoms with Crippen molar-refractivity contribution < 1.29 is 0 Å². The van der Waals surface area contributed by atoms with E-state index in [-0.39, 0.29) is 0 Å². The molecule has 1 nitrogen and oxygen atoms in total. The third kappa shape index (κ3) is 3.22. The average Bonchev–Trinajstić information content (AvgIpc) is 2.84. The van der Waals surface area contributed by atoms with Gasteiger partial charge in [-0.25, -0.2) is 0 Å². The summed E-state index contributed by atoms with van der Waals surface area (Å²) in [5.41, 5.74) is 5.81. The number of hydrogen-bond acceptors (Lipinski definition) is 2. The van der Waals surface area contributed by atoms with Crippen molar-refractivity contribution in [3.8, 4) is 0 Å². The van der Waals surface area contributed by atoms with Crippen LogP contribution in [0.3, 0.4) is 0 Å². The van der Waals surface area contributed by atoms with Crippen LogP contribution in [0.1, 0.15) is 66.8 Å². The molecule has 2 aromatic rings. The molecular formula is C19H25NS. The molecule has 112 valence electrons. The van der Waals surface area contributed by atoms with Gasteiger partial charge in [0.2, 0.25) is 0 Å². The number of thiophene rings is 1. The smallest absolute Gasteiger partial charge is 0.0587 e. The zero-order valence-corrected chi connectivity index (χ0v) is 13.9. The van der Waals surface area contributed by atoms with Crippen LogP contribution < -0.4 is 5.32 Å². The molecule has 0 radical (unpaired) electrons. The van der Waals surface area contributed by atoms with Gasteiger partial charge in [0.25, 0.3) is 0 Å².